The first-order valence-corrected chi connectivity index (χ1v) is 6.03. The zero-order valence-corrected chi connectivity index (χ0v) is 10.8. The number of hydrogen-bond donors (Lipinski definition) is 1. The largest absolute Gasteiger partial charge is 0.418 e. The Hall–Kier alpha value is -2.04. The Morgan fingerprint density at radius 2 is 1.75 bits per heavy atom. The Bertz CT molecular complexity index is 605. The Labute approximate surface area is 114 Å². The Balaban J connectivity index is 2.21. The molecular formula is C15H13F4N. The molecule has 0 aliphatic heterocycles. The third kappa shape index (κ3) is 3.29. The first-order valence-electron chi connectivity index (χ1n) is 6.03. The van der Waals surface area contributed by atoms with Crippen molar-refractivity contribution in [2.45, 2.75) is 19.6 Å². The molecule has 106 valence electrons. The molecule has 0 aliphatic rings. The molecule has 2 aromatic carbocycles. The molecule has 0 atom stereocenters. The molecule has 0 heterocycles. The van der Waals surface area contributed by atoms with E-state index < -0.39 is 17.6 Å². The van der Waals surface area contributed by atoms with Crippen molar-refractivity contribution in [3.8, 4) is 0 Å². The highest BCUT2D eigenvalue weighted by atomic mass is 19.4. The first-order chi connectivity index (χ1) is 9.38. The van der Waals surface area contributed by atoms with Crippen LogP contribution in [0.15, 0.2) is 42.5 Å². The summed E-state index contributed by atoms with van der Waals surface area (Å²) in [5, 5.41) is 2.64. The van der Waals surface area contributed by atoms with Gasteiger partial charge in [0, 0.05) is 17.8 Å². The number of anilines is 1. The number of para-hydroxylation sites is 1. The van der Waals surface area contributed by atoms with E-state index in [1.165, 1.54) is 24.3 Å². The standard InChI is InChI=1S/C15H13F4N/c1-10-6-7-13(16)11(8-10)9-20-14-5-3-2-4-12(14)15(17,18)19/h2-8,20H,9H2,1H3. The molecule has 0 spiro atoms. The van der Waals surface area contributed by atoms with Crippen LogP contribution in [0.1, 0.15) is 16.7 Å². The van der Waals surface area contributed by atoms with Gasteiger partial charge in [-0.15, -0.1) is 0 Å². The van der Waals surface area contributed by atoms with E-state index in [4.69, 9.17) is 0 Å². The minimum atomic E-state index is -4.44. The average molecular weight is 283 g/mol. The fraction of sp³-hybridized carbons (Fsp3) is 0.200. The van der Waals surface area contributed by atoms with Gasteiger partial charge in [-0.2, -0.15) is 13.2 Å². The van der Waals surface area contributed by atoms with E-state index in [0.29, 0.717) is 5.56 Å². The van der Waals surface area contributed by atoms with Gasteiger partial charge in [-0.1, -0.05) is 29.8 Å². The van der Waals surface area contributed by atoms with Gasteiger partial charge in [0.1, 0.15) is 5.82 Å². The van der Waals surface area contributed by atoms with Crippen molar-refractivity contribution >= 4 is 5.69 Å². The van der Waals surface area contributed by atoms with E-state index in [-0.39, 0.29) is 12.2 Å². The maximum absolute atomic E-state index is 13.5. The van der Waals surface area contributed by atoms with Gasteiger partial charge in [0.2, 0.25) is 0 Å². The van der Waals surface area contributed by atoms with Gasteiger partial charge in [0.25, 0.3) is 0 Å². The highest BCUT2D eigenvalue weighted by Gasteiger charge is 2.33. The summed E-state index contributed by atoms with van der Waals surface area (Å²) in [6, 6.07) is 9.68. The fourth-order valence-corrected chi connectivity index (χ4v) is 1.91. The van der Waals surface area contributed by atoms with Crippen molar-refractivity contribution in [1.29, 1.82) is 0 Å². The van der Waals surface area contributed by atoms with Crippen LogP contribution in [0.3, 0.4) is 0 Å². The topological polar surface area (TPSA) is 12.0 Å². The fourth-order valence-electron chi connectivity index (χ4n) is 1.91. The molecule has 1 nitrogen and oxygen atoms in total. The van der Waals surface area contributed by atoms with Crippen molar-refractivity contribution < 1.29 is 17.6 Å². The summed E-state index contributed by atoms with van der Waals surface area (Å²) in [6.45, 7) is 1.80. The van der Waals surface area contributed by atoms with Crippen molar-refractivity contribution in [1.82, 2.24) is 0 Å². The third-order valence-electron chi connectivity index (χ3n) is 2.90. The van der Waals surface area contributed by atoms with Gasteiger partial charge in [0.05, 0.1) is 5.56 Å². The molecule has 0 bridgehead atoms. The monoisotopic (exact) mass is 283 g/mol. The van der Waals surface area contributed by atoms with Gasteiger partial charge in [0.15, 0.2) is 0 Å². The zero-order chi connectivity index (χ0) is 14.8. The molecule has 0 amide bonds. The van der Waals surface area contributed by atoms with Crippen molar-refractivity contribution in [2.75, 3.05) is 5.32 Å². The molecule has 0 aromatic heterocycles. The number of alkyl halides is 3. The lowest BCUT2D eigenvalue weighted by Crippen LogP contribution is -2.11. The SMILES string of the molecule is Cc1ccc(F)c(CNc2ccccc2C(F)(F)F)c1. The van der Waals surface area contributed by atoms with Crippen LogP contribution in [0, 0.1) is 12.7 Å². The summed E-state index contributed by atoms with van der Waals surface area (Å²) in [5.74, 6) is -0.437. The van der Waals surface area contributed by atoms with Crippen molar-refractivity contribution in [3.05, 3.63) is 65.0 Å². The molecule has 0 saturated carbocycles. The van der Waals surface area contributed by atoms with Crippen LogP contribution >= 0.6 is 0 Å². The molecule has 0 unspecified atom stereocenters. The highest BCUT2D eigenvalue weighted by Crippen LogP contribution is 2.34. The molecule has 2 rings (SSSR count). The summed E-state index contributed by atoms with van der Waals surface area (Å²) >= 11 is 0. The zero-order valence-electron chi connectivity index (χ0n) is 10.8. The number of nitrogens with one attached hydrogen (secondary N) is 1. The van der Waals surface area contributed by atoms with Crippen LogP contribution in [0.4, 0.5) is 23.2 Å². The number of aryl methyl sites for hydroxylation is 1. The van der Waals surface area contributed by atoms with E-state index >= 15 is 0 Å². The summed E-state index contributed by atoms with van der Waals surface area (Å²) in [4.78, 5) is 0. The van der Waals surface area contributed by atoms with Crippen molar-refractivity contribution in [2.24, 2.45) is 0 Å². The van der Waals surface area contributed by atoms with Crippen molar-refractivity contribution in [3.63, 3.8) is 0 Å². The molecule has 0 saturated heterocycles. The molecule has 0 aliphatic carbocycles. The lowest BCUT2D eigenvalue weighted by molar-refractivity contribution is -0.136. The highest BCUT2D eigenvalue weighted by molar-refractivity contribution is 5.53. The van der Waals surface area contributed by atoms with Gasteiger partial charge in [-0.25, -0.2) is 4.39 Å². The van der Waals surface area contributed by atoms with Gasteiger partial charge >= 0.3 is 6.18 Å². The normalized spacial score (nSPS) is 11.4. The van der Waals surface area contributed by atoms with Gasteiger partial charge < -0.3 is 5.32 Å². The van der Waals surface area contributed by atoms with Crippen LogP contribution in [0.25, 0.3) is 0 Å². The quantitative estimate of drug-likeness (QED) is 0.800. The molecule has 0 fully saturated rings. The van der Waals surface area contributed by atoms with Crippen LogP contribution in [-0.4, -0.2) is 0 Å². The van der Waals surface area contributed by atoms with E-state index in [9.17, 15) is 17.6 Å². The molecule has 5 heteroatoms. The molecule has 0 radical (unpaired) electrons. The summed E-state index contributed by atoms with van der Waals surface area (Å²) < 4.78 is 52.0. The Morgan fingerprint density at radius 1 is 1.05 bits per heavy atom. The first kappa shape index (κ1) is 14.4. The average Bonchev–Trinajstić information content (AvgIpc) is 2.39. The lowest BCUT2D eigenvalue weighted by atomic mass is 10.1. The maximum atomic E-state index is 13.5. The second-order valence-electron chi connectivity index (χ2n) is 4.49. The van der Waals surface area contributed by atoms with Crippen LogP contribution in [0.5, 0.6) is 0 Å². The van der Waals surface area contributed by atoms with Crippen LogP contribution in [-0.2, 0) is 12.7 Å². The molecule has 20 heavy (non-hydrogen) atoms. The van der Waals surface area contributed by atoms with Crippen LogP contribution in [0.2, 0.25) is 0 Å². The Kier molecular flexibility index (Phi) is 3.97. The van der Waals surface area contributed by atoms with E-state index in [1.807, 2.05) is 0 Å². The van der Waals surface area contributed by atoms with Gasteiger partial charge in [-0.05, 0) is 25.1 Å². The molecule has 1 N–H and O–H groups in total. The number of benzene rings is 2. The second kappa shape index (κ2) is 5.53. The predicted octanol–water partition coefficient (Wildman–Crippen LogP) is 4.77. The number of hydrogen-bond acceptors (Lipinski definition) is 1. The lowest BCUT2D eigenvalue weighted by Gasteiger charge is -2.14. The minimum Gasteiger partial charge on any atom is -0.380 e. The number of halogens is 4. The van der Waals surface area contributed by atoms with E-state index in [1.54, 1.807) is 19.1 Å². The smallest absolute Gasteiger partial charge is 0.380 e. The summed E-state index contributed by atoms with van der Waals surface area (Å²) in [6.07, 6.45) is -4.44. The molecular weight excluding hydrogens is 270 g/mol. The summed E-state index contributed by atoms with van der Waals surface area (Å²) in [7, 11) is 0. The maximum Gasteiger partial charge on any atom is 0.418 e. The Morgan fingerprint density at radius 3 is 2.45 bits per heavy atom. The third-order valence-corrected chi connectivity index (χ3v) is 2.90. The number of rotatable bonds is 3. The van der Waals surface area contributed by atoms with Crippen LogP contribution < -0.4 is 5.32 Å². The summed E-state index contributed by atoms with van der Waals surface area (Å²) in [5.41, 5.74) is 0.378. The van der Waals surface area contributed by atoms with E-state index in [2.05, 4.69) is 5.32 Å². The minimum absolute atomic E-state index is 0.000602. The second-order valence-corrected chi connectivity index (χ2v) is 4.49. The van der Waals surface area contributed by atoms with E-state index in [0.717, 1.165) is 11.6 Å². The predicted molar refractivity (Wildman–Crippen MR) is 69.9 cm³/mol. The molecule has 2 aromatic rings. The van der Waals surface area contributed by atoms with Gasteiger partial charge in [-0.3, -0.25) is 0 Å².